The van der Waals surface area contributed by atoms with Gasteiger partial charge in [-0.15, -0.1) is 0 Å². The molecule has 1 aromatic rings. The average molecular weight is 301 g/mol. The maximum atomic E-state index is 13.3. The fourth-order valence-electron chi connectivity index (χ4n) is 2.70. The van der Waals surface area contributed by atoms with Gasteiger partial charge in [-0.2, -0.15) is 4.31 Å². The molecule has 20 heavy (non-hydrogen) atoms. The van der Waals surface area contributed by atoms with Gasteiger partial charge in [0.1, 0.15) is 11.9 Å². The van der Waals surface area contributed by atoms with Crippen LogP contribution < -0.4 is 0 Å². The first-order chi connectivity index (χ1) is 9.25. The first kappa shape index (κ1) is 14.9. The zero-order valence-electron chi connectivity index (χ0n) is 11.3. The normalized spacial score (nSPS) is 20.2. The number of hydrogen-bond donors (Lipinski definition) is 1. The van der Waals surface area contributed by atoms with Crippen LogP contribution in [0.2, 0.25) is 0 Å². The summed E-state index contributed by atoms with van der Waals surface area (Å²) in [6.07, 6.45) is 0.809. The van der Waals surface area contributed by atoms with Gasteiger partial charge in [0.25, 0.3) is 0 Å². The van der Waals surface area contributed by atoms with Gasteiger partial charge in [-0.25, -0.2) is 12.8 Å². The number of aliphatic carboxylic acids is 1. The lowest BCUT2D eigenvalue weighted by molar-refractivity contribution is -0.140. The fourth-order valence-corrected chi connectivity index (χ4v) is 4.76. The number of carboxylic acids is 1. The molecule has 0 radical (unpaired) electrons. The van der Waals surface area contributed by atoms with Crippen molar-refractivity contribution in [3.05, 3.63) is 29.1 Å². The van der Waals surface area contributed by atoms with Crippen LogP contribution in [0.5, 0.6) is 0 Å². The molecule has 0 amide bonds. The maximum Gasteiger partial charge on any atom is 0.322 e. The van der Waals surface area contributed by atoms with Crippen LogP contribution in [0.3, 0.4) is 0 Å². The Hall–Kier alpha value is -1.47. The van der Waals surface area contributed by atoms with Crippen molar-refractivity contribution >= 4 is 16.0 Å². The number of sulfonamides is 1. The van der Waals surface area contributed by atoms with E-state index >= 15 is 0 Å². The quantitative estimate of drug-likeness (QED) is 0.921. The summed E-state index contributed by atoms with van der Waals surface area (Å²) in [5.74, 6) is -1.65. The summed E-state index contributed by atoms with van der Waals surface area (Å²) in [5, 5.41) is 9.11. The molecule has 1 fully saturated rings. The molecule has 0 aromatic heterocycles. The third-order valence-electron chi connectivity index (χ3n) is 3.48. The van der Waals surface area contributed by atoms with Crippen LogP contribution in [-0.4, -0.2) is 36.4 Å². The third-order valence-corrected chi connectivity index (χ3v) is 5.69. The maximum absolute atomic E-state index is 13.3. The number of rotatable bonds is 3. The summed E-state index contributed by atoms with van der Waals surface area (Å²) in [5.41, 5.74) is 0.581. The van der Waals surface area contributed by atoms with Gasteiger partial charge in [0.15, 0.2) is 0 Å². The highest BCUT2D eigenvalue weighted by Crippen LogP contribution is 2.30. The molecule has 0 bridgehead atoms. The minimum absolute atomic E-state index is 0.00653. The summed E-state index contributed by atoms with van der Waals surface area (Å²) in [6.45, 7) is 3.19. The predicted molar refractivity (Wildman–Crippen MR) is 70.4 cm³/mol. The van der Waals surface area contributed by atoms with Crippen LogP contribution in [0.15, 0.2) is 17.0 Å². The highest BCUT2D eigenvalue weighted by Gasteiger charge is 2.40. The topological polar surface area (TPSA) is 74.7 Å². The summed E-state index contributed by atoms with van der Waals surface area (Å²) in [7, 11) is -3.93. The van der Waals surface area contributed by atoms with E-state index in [0.29, 0.717) is 24.0 Å². The number of benzene rings is 1. The van der Waals surface area contributed by atoms with E-state index in [0.717, 1.165) is 16.4 Å². The summed E-state index contributed by atoms with van der Waals surface area (Å²) < 4.78 is 39.6. The minimum atomic E-state index is -3.93. The van der Waals surface area contributed by atoms with Crippen LogP contribution in [-0.2, 0) is 14.8 Å². The standard InChI is InChI=1S/C13H16FNO4S/c1-8-6-10(14)7-9(2)12(8)20(18,19)15-5-3-4-11(15)13(16)17/h6-7,11H,3-5H2,1-2H3,(H,16,17). The Morgan fingerprint density at radius 1 is 1.35 bits per heavy atom. The van der Waals surface area contributed by atoms with Gasteiger partial charge in [0.05, 0.1) is 4.90 Å². The second-order valence-corrected chi connectivity index (χ2v) is 6.81. The molecule has 1 atom stereocenters. The number of carboxylic acid groups (broad SMARTS) is 1. The van der Waals surface area contributed by atoms with Gasteiger partial charge in [-0.3, -0.25) is 4.79 Å². The molecule has 5 nitrogen and oxygen atoms in total. The molecule has 1 N–H and O–H groups in total. The molecule has 1 aliphatic heterocycles. The Bertz CT molecular complexity index is 633. The van der Waals surface area contributed by atoms with Gasteiger partial charge in [-0.1, -0.05) is 0 Å². The first-order valence-electron chi connectivity index (χ1n) is 6.26. The Morgan fingerprint density at radius 3 is 2.40 bits per heavy atom. The molecule has 0 spiro atoms. The van der Waals surface area contributed by atoms with E-state index in [1.807, 2.05) is 0 Å². The van der Waals surface area contributed by atoms with Crippen molar-refractivity contribution in [1.82, 2.24) is 4.31 Å². The molecule has 1 unspecified atom stereocenters. The van der Waals surface area contributed by atoms with Crippen LogP contribution in [0.4, 0.5) is 4.39 Å². The Kier molecular flexibility index (Phi) is 3.84. The van der Waals surface area contributed by atoms with Crippen molar-refractivity contribution in [3.63, 3.8) is 0 Å². The van der Waals surface area contributed by atoms with Gasteiger partial charge in [0, 0.05) is 6.54 Å². The molecule has 7 heteroatoms. The molecule has 110 valence electrons. The van der Waals surface area contributed by atoms with Crippen molar-refractivity contribution in [2.24, 2.45) is 0 Å². The van der Waals surface area contributed by atoms with E-state index in [1.54, 1.807) is 0 Å². The van der Waals surface area contributed by atoms with Gasteiger partial charge in [-0.05, 0) is 49.9 Å². The highest BCUT2D eigenvalue weighted by molar-refractivity contribution is 7.89. The summed E-state index contributed by atoms with van der Waals surface area (Å²) >= 11 is 0. The Balaban J connectivity index is 2.54. The van der Waals surface area contributed by atoms with E-state index < -0.39 is 27.9 Å². The lowest BCUT2D eigenvalue weighted by Crippen LogP contribution is -2.40. The van der Waals surface area contributed by atoms with E-state index in [9.17, 15) is 17.6 Å². The van der Waals surface area contributed by atoms with E-state index in [1.165, 1.54) is 13.8 Å². The van der Waals surface area contributed by atoms with E-state index in [-0.39, 0.29) is 11.4 Å². The van der Waals surface area contributed by atoms with Crippen molar-refractivity contribution in [3.8, 4) is 0 Å². The summed E-state index contributed by atoms with van der Waals surface area (Å²) in [6, 6.07) is 1.25. The molecule has 1 heterocycles. The number of aryl methyl sites for hydroxylation is 2. The number of carbonyl (C=O) groups is 1. The summed E-state index contributed by atoms with van der Waals surface area (Å²) in [4.78, 5) is 11.2. The second kappa shape index (κ2) is 5.14. The molecule has 1 aliphatic rings. The van der Waals surface area contributed by atoms with Crippen molar-refractivity contribution in [2.75, 3.05) is 6.54 Å². The van der Waals surface area contributed by atoms with E-state index in [2.05, 4.69) is 0 Å². The molecule has 2 rings (SSSR count). The molecular formula is C13H16FNO4S. The Morgan fingerprint density at radius 2 is 1.90 bits per heavy atom. The zero-order chi connectivity index (χ0) is 15.1. The van der Waals surface area contributed by atoms with Crippen molar-refractivity contribution in [1.29, 1.82) is 0 Å². The fraction of sp³-hybridized carbons (Fsp3) is 0.462. The zero-order valence-corrected chi connectivity index (χ0v) is 12.1. The van der Waals surface area contributed by atoms with Crippen LogP contribution in [0.25, 0.3) is 0 Å². The third kappa shape index (κ3) is 2.43. The number of hydrogen-bond acceptors (Lipinski definition) is 3. The first-order valence-corrected chi connectivity index (χ1v) is 7.70. The van der Waals surface area contributed by atoms with Gasteiger partial charge >= 0.3 is 5.97 Å². The monoisotopic (exact) mass is 301 g/mol. The van der Waals surface area contributed by atoms with Crippen molar-refractivity contribution < 1.29 is 22.7 Å². The number of nitrogens with zero attached hydrogens (tertiary/aromatic N) is 1. The van der Waals surface area contributed by atoms with Gasteiger partial charge in [0.2, 0.25) is 10.0 Å². The SMILES string of the molecule is Cc1cc(F)cc(C)c1S(=O)(=O)N1CCCC1C(=O)O. The number of halogens is 1. The highest BCUT2D eigenvalue weighted by atomic mass is 32.2. The lowest BCUT2D eigenvalue weighted by atomic mass is 10.1. The van der Waals surface area contributed by atoms with Gasteiger partial charge < -0.3 is 5.11 Å². The largest absolute Gasteiger partial charge is 0.480 e. The molecule has 1 saturated heterocycles. The Labute approximate surface area is 117 Å². The van der Waals surface area contributed by atoms with Crippen LogP contribution >= 0.6 is 0 Å². The predicted octanol–water partition coefficient (Wildman–Crippen LogP) is 1.68. The average Bonchev–Trinajstić information content (AvgIpc) is 2.75. The van der Waals surface area contributed by atoms with Crippen molar-refractivity contribution in [2.45, 2.75) is 37.6 Å². The van der Waals surface area contributed by atoms with E-state index in [4.69, 9.17) is 5.11 Å². The van der Waals surface area contributed by atoms with Crippen LogP contribution in [0, 0.1) is 19.7 Å². The lowest BCUT2D eigenvalue weighted by Gasteiger charge is -2.23. The molecule has 0 aliphatic carbocycles. The second-order valence-electron chi connectivity index (χ2n) is 4.98. The molecular weight excluding hydrogens is 285 g/mol. The minimum Gasteiger partial charge on any atom is -0.480 e. The molecule has 0 saturated carbocycles. The smallest absolute Gasteiger partial charge is 0.322 e. The van der Waals surface area contributed by atoms with Crippen LogP contribution in [0.1, 0.15) is 24.0 Å². The molecule has 1 aromatic carbocycles.